The second kappa shape index (κ2) is 36.1. The van der Waals surface area contributed by atoms with Crippen LogP contribution in [0.25, 0.3) is 109 Å². The molecular formula is C111H108ClF4N13O6. The van der Waals surface area contributed by atoms with Crippen LogP contribution in [-0.2, 0) is 77.5 Å². The quantitative estimate of drug-likeness (QED) is 0.0864. The van der Waals surface area contributed by atoms with Crippen LogP contribution in [0.4, 0.5) is 17.6 Å². The lowest BCUT2D eigenvalue weighted by atomic mass is 9.54. The third-order valence-corrected chi connectivity index (χ3v) is 32.2. The van der Waals surface area contributed by atoms with Crippen molar-refractivity contribution in [3.63, 3.8) is 0 Å². The fraction of sp³-hybridized carbons (Fsp3) is 0.369. The van der Waals surface area contributed by atoms with Gasteiger partial charge in [0.05, 0.1) is 95.3 Å². The lowest BCUT2D eigenvalue weighted by molar-refractivity contribution is -0.234. The molecule has 0 radical (unpaired) electrons. The van der Waals surface area contributed by atoms with Crippen LogP contribution in [0.2, 0.25) is 5.15 Å². The smallest absolute Gasteiger partial charge is 0.171 e. The van der Waals surface area contributed by atoms with E-state index in [0.717, 1.165) is 186 Å². The van der Waals surface area contributed by atoms with Crippen molar-refractivity contribution in [2.45, 2.75) is 191 Å². The topological polar surface area (TPSA) is 235 Å². The van der Waals surface area contributed by atoms with Gasteiger partial charge >= 0.3 is 0 Å². The zero-order chi connectivity index (χ0) is 93.6. The molecule has 0 N–H and O–H groups in total. The van der Waals surface area contributed by atoms with Crippen molar-refractivity contribution in [1.82, 2.24) is 65.0 Å². The molecule has 12 atom stereocenters. The van der Waals surface area contributed by atoms with E-state index in [1.807, 2.05) is 85.9 Å². The molecule has 0 unspecified atom stereocenters. The summed E-state index contributed by atoms with van der Waals surface area (Å²) in [5.41, 5.74) is 18.7. The molecule has 0 bridgehead atoms. The molecule has 0 amide bonds. The fourth-order valence-corrected chi connectivity index (χ4v) is 24.8. The molecular weight excluding hydrogens is 1720 g/mol. The molecule has 2 saturated heterocycles. The SMILES string of the molecule is C=Cc1ccc(-c2nc(-c3ccccc3F)c3c(n2)[C@]2(C)CCC(=O)[C@H](C)[C@H]2CC3)cn1.C=Cc1ccc(-c2nc(-c3ccccc3F)c3c(n2)[C@]2(C)CCC4(OCCO4)[C@H](C)[C@H]2CC3)cn1.C=Cc1ccc(-c2nc(-c3ccccc3F)c3c(n2)[C@]2(C)Cc4cnoc4[C@H](C)[C@H]2CC3)cn1.C[C@@H]1[C@H]2CCc3c(-c4ccccc4F)nc(-c4ccc(Cl)nc4)nc3[C@]2(C)CCC12OCCO2. The molecule has 5 fully saturated rings. The van der Waals surface area contributed by atoms with Gasteiger partial charge in [-0.05, 0) is 216 Å². The van der Waals surface area contributed by atoms with E-state index < -0.39 is 11.6 Å². The van der Waals surface area contributed by atoms with Crippen molar-refractivity contribution in [3.8, 4) is 90.6 Å². The van der Waals surface area contributed by atoms with E-state index in [2.05, 4.69) is 93.3 Å². The number of carbonyl (C=O) groups excluding carboxylic acids is 1. The minimum Gasteiger partial charge on any atom is -0.361 e. The third kappa shape index (κ3) is 16.0. The van der Waals surface area contributed by atoms with Crippen LogP contribution < -0.4 is 0 Å². The van der Waals surface area contributed by atoms with E-state index in [1.54, 1.807) is 91.5 Å². The Kier molecular flexibility index (Phi) is 24.2. The first-order valence-corrected chi connectivity index (χ1v) is 47.7. The molecule has 2 spiro atoms. The molecule has 11 heterocycles. The second-order valence-electron chi connectivity index (χ2n) is 39.0. The van der Waals surface area contributed by atoms with Crippen molar-refractivity contribution < 1.29 is 45.8 Å². The lowest BCUT2D eigenvalue weighted by Crippen LogP contribution is -2.55. The highest BCUT2D eigenvalue weighted by molar-refractivity contribution is 6.29. The largest absolute Gasteiger partial charge is 0.361 e. The van der Waals surface area contributed by atoms with Crippen molar-refractivity contribution in [3.05, 3.63) is 298 Å². The van der Waals surface area contributed by atoms with Crippen molar-refractivity contribution in [2.24, 2.45) is 41.4 Å². The Hall–Kier alpha value is -12.3. The summed E-state index contributed by atoms with van der Waals surface area (Å²) in [4.78, 5) is 70.2. The Morgan fingerprint density at radius 2 is 0.696 bits per heavy atom. The van der Waals surface area contributed by atoms with E-state index in [4.69, 9.17) is 74.9 Å². The van der Waals surface area contributed by atoms with Gasteiger partial charge in [-0.15, -0.1) is 0 Å². The zero-order valence-corrected chi connectivity index (χ0v) is 78.1. The number of carbonyl (C=O) groups is 1. The molecule has 688 valence electrons. The number of Topliss-reactive ketones (excluding diaryl/α,β-unsaturated/α-hetero) is 1. The summed E-state index contributed by atoms with van der Waals surface area (Å²) in [6, 6.07) is 42.5. The van der Waals surface area contributed by atoms with E-state index in [0.29, 0.717) is 130 Å². The number of hydrogen-bond acceptors (Lipinski definition) is 19. The summed E-state index contributed by atoms with van der Waals surface area (Å²) in [5, 5.41) is 4.49. The van der Waals surface area contributed by atoms with E-state index in [1.165, 1.54) is 24.3 Å². The molecule has 9 aromatic heterocycles. The van der Waals surface area contributed by atoms with Gasteiger partial charge in [0.2, 0.25) is 0 Å². The molecule has 2 aliphatic heterocycles. The molecule has 10 aliphatic rings. The molecule has 135 heavy (non-hydrogen) atoms. The molecule has 23 rings (SSSR count). The number of ether oxygens (including phenoxy) is 4. The molecule has 24 heteroatoms. The number of pyridine rings is 4. The van der Waals surface area contributed by atoms with Gasteiger partial charge < -0.3 is 23.5 Å². The number of fused-ring (bicyclic) bond motifs is 13. The maximum Gasteiger partial charge on any atom is 0.171 e. The van der Waals surface area contributed by atoms with Crippen LogP contribution in [0.3, 0.4) is 0 Å². The first-order chi connectivity index (χ1) is 65.3. The van der Waals surface area contributed by atoms with E-state index in [-0.39, 0.29) is 74.5 Å². The standard InChI is InChI=1S/C29H30FN3O2.C28H25FN4O.C27H27ClFN3O2.C27H26FN3O/c1-4-20-10-9-19(17-31-20)27-32-25(21-7-5-6-8-24(21)30)22-11-12-23-18(2)29(34-15-16-35-29)14-13-28(23,3)26(22)33-27;1-4-19-10-9-17(14-30-19)27-32-24(20-7-5-6-8-23(20)29)21-11-12-22-16(2)25-18(15-31-34-25)13-28(22,3)26(21)33-27;1-16-20-9-8-19-23(18-5-3-4-6-21(18)29)31-25(17-7-10-22(28)30-15-17)32-24(19)26(20,2)11-12-27(16)33-13-14-34-27;1-4-18-10-9-17(15-29-18)26-30-24(19-7-5-6-8-22(19)28)20-11-12-21-16(2)23(32)13-14-27(21,3)25(20)31-26/h4-10,17-18,23H,1,11-16H2,2-3H3;4-10,14-16,22H,1,11-13H2,2-3H3;3-7,10,15-16,20H,8-9,11-14H2,1-2H3;4-10,15-16,21H,1,11-14H2,2-3H3/t18-,23-,28-;16-,22-,28-;16-,20-,26-;16-,21-,27-/m1111/s1. The fourth-order valence-electron chi connectivity index (χ4n) is 24.7. The van der Waals surface area contributed by atoms with Gasteiger partial charge in [0.25, 0.3) is 0 Å². The zero-order valence-electron chi connectivity index (χ0n) is 77.3. The summed E-state index contributed by atoms with van der Waals surface area (Å²) >= 11 is 6.03. The Morgan fingerprint density at radius 3 is 1.03 bits per heavy atom. The van der Waals surface area contributed by atoms with Crippen LogP contribution in [0, 0.1) is 64.7 Å². The van der Waals surface area contributed by atoms with Crippen LogP contribution in [0.5, 0.6) is 0 Å². The number of ketones is 1. The Balaban J connectivity index is 0.000000112. The van der Waals surface area contributed by atoms with Crippen LogP contribution in [0.15, 0.2) is 201 Å². The highest BCUT2D eigenvalue weighted by Gasteiger charge is 2.61. The predicted octanol–water partition coefficient (Wildman–Crippen LogP) is 23.9. The van der Waals surface area contributed by atoms with Gasteiger partial charge in [0, 0.05) is 162 Å². The van der Waals surface area contributed by atoms with Gasteiger partial charge in [0.15, 0.2) is 34.9 Å². The average Bonchev–Trinajstić information content (AvgIpc) is 1.64. The van der Waals surface area contributed by atoms with Crippen molar-refractivity contribution in [1.29, 1.82) is 0 Å². The van der Waals surface area contributed by atoms with Crippen LogP contribution in [0.1, 0.15) is 199 Å². The van der Waals surface area contributed by atoms with Gasteiger partial charge in [-0.3, -0.25) is 19.7 Å². The summed E-state index contributed by atoms with van der Waals surface area (Å²) < 4.78 is 90.3. The number of aromatic nitrogens is 13. The molecule has 19 nitrogen and oxygen atoms in total. The predicted molar refractivity (Wildman–Crippen MR) is 513 cm³/mol. The summed E-state index contributed by atoms with van der Waals surface area (Å²) in [7, 11) is 0. The Labute approximate surface area is 789 Å². The monoisotopic (exact) mass is 1830 g/mol. The van der Waals surface area contributed by atoms with Gasteiger partial charge in [-0.25, -0.2) is 62.4 Å². The van der Waals surface area contributed by atoms with Gasteiger partial charge in [-0.1, -0.05) is 140 Å². The number of rotatable bonds is 11. The van der Waals surface area contributed by atoms with Crippen LogP contribution in [-0.4, -0.2) is 109 Å². The summed E-state index contributed by atoms with van der Waals surface area (Å²) in [6.07, 6.45) is 26.3. The van der Waals surface area contributed by atoms with E-state index >= 15 is 8.78 Å². The van der Waals surface area contributed by atoms with Gasteiger partial charge in [-0.2, -0.15) is 0 Å². The lowest BCUT2D eigenvalue weighted by Gasteiger charge is -2.54. The highest BCUT2D eigenvalue weighted by atomic mass is 35.5. The molecule has 8 aliphatic carbocycles. The number of benzene rings is 4. The normalized spacial score (nSPS) is 25.5. The summed E-state index contributed by atoms with van der Waals surface area (Å²) in [5.74, 6) is 3.41. The molecule has 3 saturated carbocycles. The minimum absolute atomic E-state index is 0.00534. The third-order valence-electron chi connectivity index (χ3n) is 31.9. The average molecular weight is 1830 g/mol. The van der Waals surface area contributed by atoms with Crippen molar-refractivity contribution >= 4 is 35.6 Å². The number of hydrogen-bond donors (Lipinski definition) is 0. The highest BCUT2D eigenvalue weighted by Crippen LogP contribution is 2.62. The number of halogens is 5. The van der Waals surface area contributed by atoms with Gasteiger partial charge in [0.1, 0.15) is 40.0 Å². The molecule has 13 aromatic rings. The summed E-state index contributed by atoms with van der Waals surface area (Å²) in [6.45, 7) is 31.8. The maximum atomic E-state index is 15.1. The van der Waals surface area contributed by atoms with Crippen molar-refractivity contribution in [2.75, 3.05) is 26.4 Å². The van der Waals surface area contributed by atoms with Crippen LogP contribution >= 0.6 is 11.6 Å². The van der Waals surface area contributed by atoms with E-state index in [9.17, 15) is 13.6 Å². The first-order valence-electron chi connectivity index (χ1n) is 47.3. The Bertz CT molecular complexity index is 6770. The Morgan fingerprint density at radius 1 is 0.370 bits per heavy atom. The molecule has 4 aromatic carbocycles. The first kappa shape index (κ1) is 90.6. The number of nitrogens with zero attached hydrogens (tertiary/aromatic N) is 13. The minimum atomic E-state index is -0.494. The second-order valence-corrected chi connectivity index (χ2v) is 39.4. The maximum absolute atomic E-state index is 15.1.